The van der Waals surface area contributed by atoms with Gasteiger partial charge in [-0.25, -0.2) is 4.68 Å². The molecule has 0 spiro atoms. The maximum Gasteiger partial charge on any atom is 0.247 e. The average molecular weight is 523 g/mol. The third kappa shape index (κ3) is 6.68. The molecule has 10 heteroatoms. The molecule has 1 aliphatic heterocycles. The molecule has 2 heterocycles. The highest BCUT2D eigenvalue weighted by Crippen LogP contribution is 2.26. The highest BCUT2D eigenvalue weighted by atomic mass is 16.5. The minimum Gasteiger partial charge on any atom is -0.497 e. The van der Waals surface area contributed by atoms with Crippen LogP contribution >= 0.6 is 0 Å². The zero-order valence-electron chi connectivity index (χ0n) is 22.7. The number of hydrogen-bond donors (Lipinski definition) is 1. The largest absolute Gasteiger partial charge is 0.497 e. The molecule has 1 fully saturated rings. The molecule has 38 heavy (non-hydrogen) atoms. The number of nitrogens with zero attached hydrogens (tertiary/aromatic N) is 5. The number of rotatable bonds is 11. The predicted molar refractivity (Wildman–Crippen MR) is 145 cm³/mol. The van der Waals surface area contributed by atoms with Gasteiger partial charge in [0.1, 0.15) is 23.9 Å². The zero-order chi connectivity index (χ0) is 27.1. The first-order chi connectivity index (χ1) is 18.3. The second-order valence-corrected chi connectivity index (χ2v) is 10.2. The lowest BCUT2D eigenvalue weighted by molar-refractivity contribution is -0.142. The monoisotopic (exact) mass is 522 g/mol. The molecule has 0 aliphatic carbocycles. The molecule has 2 aromatic carbocycles. The normalized spacial score (nSPS) is 15.3. The van der Waals surface area contributed by atoms with E-state index in [2.05, 4.69) is 20.5 Å². The van der Waals surface area contributed by atoms with E-state index >= 15 is 0 Å². The number of carbonyl (C=O) groups is 2. The minimum absolute atomic E-state index is 0.0271. The topological polar surface area (TPSA) is 102 Å². The van der Waals surface area contributed by atoms with Crippen LogP contribution in [-0.2, 0) is 20.9 Å². The molecule has 1 unspecified atom stereocenters. The van der Waals surface area contributed by atoms with Crippen molar-refractivity contribution in [3.8, 4) is 5.75 Å². The highest BCUT2D eigenvalue weighted by molar-refractivity contribution is 5.89. The second-order valence-electron chi connectivity index (χ2n) is 10.2. The summed E-state index contributed by atoms with van der Waals surface area (Å²) in [5, 5.41) is 11.6. The number of carbonyl (C=O) groups excluding carboxylic acids is 2. The molecule has 10 nitrogen and oxygen atoms in total. The average Bonchev–Trinajstić information content (AvgIpc) is 3.34. The Morgan fingerprint density at radius 1 is 1.13 bits per heavy atom. The van der Waals surface area contributed by atoms with Crippen LogP contribution in [0.5, 0.6) is 5.75 Å². The van der Waals surface area contributed by atoms with Crippen molar-refractivity contribution in [2.45, 2.75) is 45.3 Å². The summed E-state index contributed by atoms with van der Waals surface area (Å²) >= 11 is 0. The molecule has 3 aromatic rings. The Balaban J connectivity index is 1.68. The van der Waals surface area contributed by atoms with Gasteiger partial charge in [-0.3, -0.25) is 14.5 Å². The first-order valence-corrected chi connectivity index (χ1v) is 13.1. The van der Waals surface area contributed by atoms with E-state index in [9.17, 15) is 9.59 Å². The van der Waals surface area contributed by atoms with Crippen molar-refractivity contribution in [1.29, 1.82) is 0 Å². The van der Waals surface area contributed by atoms with Gasteiger partial charge in [-0.1, -0.05) is 36.4 Å². The molecular weight excluding hydrogens is 484 g/mol. The van der Waals surface area contributed by atoms with E-state index in [0.717, 1.165) is 25.0 Å². The molecule has 1 aliphatic rings. The van der Waals surface area contributed by atoms with Crippen LogP contribution in [0, 0.1) is 0 Å². The van der Waals surface area contributed by atoms with E-state index < -0.39 is 11.6 Å². The van der Waals surface area contributed by atoms with Crippen molar-refractivity contribution in [3.05, 3.63) is 54.1 Å². The molecule has 0 radical (unpaired) electrons. The van der Waals surface area contributed by atoms with Gasteiger partial charge >= 0.3 is 0 Å². The molecule has 2 amide bonds. The van der Waals surface area contributed by atoms with Gasteiger partial charge in [0.05, 0.1) is 25.8 Å². The number of amides is 2. The fourth-order valence-corrected chi connectivity index (χ4v) is 4.47. The lowest BCUT2D eigenvalue weighted by atomic mass is 9.98. The number of fused-ring (bicyclic) bond motifs is 1. The van der Waals surface area contributed by atoms with Gasteiger partial charge < -0.3 is 19.7 Å². The standard InChI is InChI=1S/C28H38N6O4/c1-5-28(2,3)29-27(36)26(21-10-12-22(37-4)13-11-21)33(15-14-32-16-18-38-19-17-32)25(35)20-34-24-9-7-6-8-23(24)30-31-34/h6-13,26H,5,14-20H2,1-4H3,(H,29,36). The molecule has 1 atom stereocenters. The summed E-state index contributed by atoms with van der Waals surface area (Å²) in [6.07, 6.45) is 0.751. The number of methoxy groups -OCH3 is 1. The Morgan fingerprint density at radius 2 is 1.84 bits per heavy atom. The van der Waals surface area contributed by atoms with Crippen molar-refractivity contribution < 1.29 is 19.1 Å². The summed E-state index contributed by atoms with van der Waals surface area (Å²) in [7, 11) is 1.60. The van der Waals surface area contributed by atoms with Crippen LogP contribution in [0.25, 0.3) is 11.0 Å². The maximum atomic E-state index is 14.0. The zero-order valence-corrected chi connectivity index (χ0v) is 22.7. The number of morpholine rings is 1. The van der Waals surface area contributed by atoms with Crippen LogP contribution in [-0.4, -0.2) is 88.6 Å². The Kier molecular flexibility index (Phi) is 8.96. The third-order valence-electron chi connectivity index (χ3n) is 7.12. The minimum atomic E-state index is -0.824. The number of ether oxygens (including phenoxy) is 2. The first kappa shape index (κ1) is 27.5. The number of nitrogens with one attached hydrogen (secondary N) is 1. The number of para-hydroxylation sites is 1. The molecule has 4 rings (SSSR count). The van der Waals surface area contributed by atoms with Gasteiger partial charge in [-0.15, -0.1) is 5.10 Å². The van der Waals surface area contributed by atoms with Crippen LogP contribution < -0.4 is 10.1 Å². The fraction of sp³-hybridized carbons (Fsp3) is 0.500. The maximum absolute atomic E-state index is 14.0. The predicted octanol–water partition coefficient (Wildman–Crippen LogP) is 2.65. The van der Waals surface area contributed by atoms with E-state index in [1.165, 1.54) is 0 Å². The summed E-state index contributed by atoms with van der Waals surface area (Å²) in [6.45, 7) is 9.87. The van der Waals surface area contributed by atoms with E-state index in [-0.39, 0.29) is 18.4 Å². The van der Waals surface area contributed by atoms with Crippen LogP contribution in [0.15, 0.2) is 48.5 Å². The first-order valence-electron chi connectivity index (χ1n) is 13.1. The highest BCUT2D eigenvalue weighted by Gasteiger charge is 2.34. The quantitative estimate of drug-likeness (QED) is 0.413. The van der Waals surface area contributed by atoms with Gasteiger partial charge in [-0.2, -0.15) is 0 Å². The van der Waals surface area contributed by atoms with E-state index in [4.69, 9.17) is 9.47 Å². The third-order valence-corrected chi connectivity index (χ3v) is 7.12. The SMILES string of the molecule is CCC(C)(C)NC(=O)C(c1ccc(OC)cc1)N(CCN1CCOCC1)C(=O)Cn1nnc2ccccc21. The smallest absolute Gasteiger partial charge is 0.247 e. The summed E-state index contributed by atoms with van der Waals surface area (Å²) in [6, 6.07) is 14.0. The van der Waals surface area contributed by atoms with E-state index in [0.29, 0.717) is 43.1 Å². The molecule has 1 N–H and O–H groups in total. The fourth-order valence-electron chi connectivity index (χ4n) is 4.47. The van der Waals surface area contributed by atoms with Crippen LogP contribution in [0.4, 0.5) is 0 Å². The molecule has 1 aromatic heterocycles. The van der Waals surface area contributed by atoms with Gasteiger partial charge in [0.25, 0.3) is 0 Å². The van der Waals surface area contributed by atoms with Crippen LogP contribution in [0.1, 0.15) is 38.8 Å². The Morgan fingerprint density at radius 3 is 2.53 bits per heavy atom. The van der Waals surface area contributed by atoms with Gasteiger partial charge in [-0.05, 0) is 50.1 Å². The van der Waals surface area contributed by atoms with Crippen LogP contribution in [0.2, 0.25) is 0 Å². The molecule has 204 valence electrons. The van der Waals surface area contributed by atoms with Gasteiger partial charge in [0, 0.05) is 31.7 Å². The van der Waals surface area contributed by atoms with Crippen molar-refractivity contribution in [2.24, 2.45) is 0 Å². The lowest BCUT2D eigenvalue weighted by Crippen LogP contribution is -2.52. The van der Waals surface area contributed by atoms with Crippen molar-refractivity contribution >= 4 is 22.8 Å². The van der Waals surface area contributed by atoms with Gasteiger partial charge in [0.2, 0.25) is 11.8 Å². The molecule has 1 saturated heterocycles. The summed E-state index contributed by atoms with van der Waals surface area (Å²) in [5.41, 5.74) is 1.78. The van der Waals surface area contributed by atoms with Gasteiger partial charge in [0.15, 0.2) is 0 Å². The summed E-state index contributed by atoms with van der Waals surface area (Å²) < 4.78 is 12.4. The molecule has 0 saturated carbocycles. The number of aromatic nitrogens is 3. The van der Waals surface area contributed by atoms with E-state index in [1.54, 1.807) is 16.7 Å². The number of hydrogen-bond acceptors (Lipinski definition) is 7. The Labute approximate surface area is 223 Å². The Bertz CT molecular complexity index is 1220. The number of benzene rings is 2. The molecular formula is C28H38N6O4. The van der Waals surface area contributed by atoms with Crippen molar-refractivity contribution in [3.63, 3.8) is 0 Å². The van der Waals surface area contributed by atoms with Crippen LogP contribution in [0.3, 0.4) is 0 Å². The molecule has 0 bridgehead atoms. The Hall–Kier alpha value is -3.50. The van der Waals surface area contributed by atoms with E-state index in [1.807, 2.05) is 69.3 Å². The summed E-state index contributed by atoms with van der Waals surface area (Å²) in [5.74, 6) is 0.252. The lowest BCUT2D eigenvalue weighted by Gasteiger charge is -2.36. The summed E-state index contributed by atoms with van der Waals surface area (Å²) in [4.78, 5) is 31.8. The second kappa shape index (κ2) is 12.4. The van der Waals surface area contributed by atoms with Crippen molar-refractivity contribution in [2.75, 3.05) is 46.5 Å². The van der Waals surface area contributed by atoms with Crippen molar-refractivity contribution in [1.82, 2.24) is 30.1 Å².